The van der Waals surface area contributed by atoms with Gasteiger partial charge in [0.05, 0.1) is 0 Å². The lowest BCUT2D eigenvalue weighted by atomic mass is 10.1. The maximum atomic E-state index is 13.8. The summed E-state index contributed by atoms with van der Waals surface area (Å²) in [4.78, 5) is 26.9. The van der Waals surface area contributed by atoms with Crippen LogP contribution in [0.25, 0.3) is 0 Å². The summed E-state index contributed by atoms with van der Waals surface area (Å²) in [5.74, 6) is -1.26. The summed E-state index contributed by atoms with van der Waals surface area (Å²) in [5, 5.41) is 3.42. The summed E-state index contributed by atoms with van der Waals surface area (Å²) in [5.41, 5.74) is 0.778. The lowest BCUT2D eigenvalue weighted by molar-refractivity contribution is -0.142. The highest BCUT2D eigenvalue weighted by Crippen LogP contribution is 2.17. The number of carbonyl (C=O) groups excluding carboxylic acids is 2. The highest BCUT2D eigenvalue weighted by atomic mass is 35.5. The van der Waals surface area contributed by atoms with Crippen molar-refractivity contribution in [3.8, 4) is 5.75 Å². The maximum absolute atomic E-state index is 13.8. The molecule has 0 aliphatic heterocycles. The SMILES string of the molecule is CCC(C)NC(=O)C(C)N(Cc1cccc(Cl)c1)C(=O)COc1ccccc1F. The molecule has 2 amide bonds. The van der Waals surface area contributed by atoms with E-state index in [9.17, 15) is 14.0 Å². The number of nitrogens with zero attached hydrogens (tertiary/aromatic N) is 1. The third-order valence-corrected chi connectivity index (χ3v) is 4.83. The van der Waals surface area contributed by atoms with Gasteiger partial charge in [-0.1, -0.05) is 42.8 Å². The van der Waals surface area contributed by atoms with E-state index in [0.29, 0.717) is 5.02 Å². The second-order valence-corrected chi connectivity index (χ2v) is 7.30. The van der Waals surface area contributed by atoms with Crippen LogP contribution in [0.15, 0.2) is 48.5 Å². The number of halogens is 2. The van der Waals surface area contributed by atoms with Crippen molar-refractivity contribution in [3.05, 3.63) is 64.9 Å². The van der Waals surface area contributed by atoms with Gasteiger partial charge in [-0.15, -0.1) is 0 Å². The molecule has 0 spiro atoms. The second kappa shape index (κ2) is 10.8. The first-order chi connectivity index (χ1) is 13.8. The predicted octanol–water partition coefficient (Wildman–Crippen LogP) is 4.19. The average molecular weight is 421 g/mol. The molecule has 0 aliphatic rings. The molecule has 2 aromatic rings. The molecule has 0 aromatic heterocycles. The highest BCUT2D eigenvalue weighted by Gasteiger charge is 2.27. The third-order valence-electron chi connectivity index (χ3n) is 4.60. The van der Waals surface area contributed by atoms with E-state index < -0.39 is 17.8 Å². The summed E-state index contributed by atoms with van der Waals surface area (Å²) < 4.78 is 19.1. The van der Waals surface area contributed by atoms with Crippen molar-refractivity contribution in [2.75, 3.05) is 6.61 Å². The van der Waals surface area contributed by atoms with Gasteiger partial charge in [-0.05, 0) is 50.1 Å². The van der Waals surface area contributed by atoms with Gasteiger partial charge in [0.1, 0.15) is 6.04 Å². The summed E-state index contributed by atoms with van der Waals surface area (Å²) in [6, 6.07) is 12.2. The van der Waals surface area contributed by atoms with E-state index in [0.717, 1.165) is 12.0 Å². The van der Waals surface area contributed by atoms with Gasteiger partial charge in [-0.2, -0.15) is 0 Å². The predicted molar refractivity (Wildman–Crippen MR) is 111 cm³/mol. The zero-order valence-electron chi connectivity index (χ0n) is 16.8. The van der Waals surface area contributed by atoms with Crippen molar-refractivity contribution < 1.29 is 18.7 Å². The summed E-state index contributed by atoms with van der Waals surface area (Å²) in [6.07, 6.45) is 0.775. The molecule has 5 nitrogen and oxygen atoms in total. The van der Waals surface area contributed by atoms with Crippen LogP contribution in [0.3, 0.4) is 0 Å². The van der Waals surface area contributed by atoms with Crippen molar-refractivity contribution in [3.63, 3.8) is 0 Å². The zero-order valence-corrected chi connectivity index (χ0v) is 17.6. The minimum Gasteiger partial charge on any atom is -0.481 e. The Morgan fingerprint density at radius 3 is 2.55 bits per heavy atom. The molecule has 0 bridgehead atoms. The van der Waals surface area contributed by atoms with Crippen molar-refractivity contribution in [1.82, 2.24) is 10.2 Å². The molecule has 2 unspecified atom stereocenters. The Bertz CT molecular complexity index is 846. The van der Waals surface area contributed by atoms with Crippen LogP contribution >= 0.6 is 11.6 Å². The average Bonchev–Trinajstić information content (AvgIpc) is 2.70. The van der Waals surface area contributed by atoms with E-state index >= 15 is 0 Å². The molecule has 0 radical (unpaired) electrons. The third kappa shape index (κ3) is 6.75. The smallest absolute Gasteiger partial charge is 0.261 e. The Hall–Kier alpha value is -2.60. The molecule has 0 saturated carbocycles. The van der Waals surface area contributed by atoms with Crippen LogP contribution in [0.2, 0.25) is 5.02 Å². The first-order valence-corrected chi connectivity index (χ1v) is 9.91. The fourth-order valence-corrected chi connectivity index (χ4v) is 2.88. The molecule has 29 heavy (non-hydrogen) atoms. The fourth-order valence-electron chi connectivity index (χ4n) is 2.66. The number of nitrogens with one attached hydrogen (secondary N) is 1. The summed E-state index contributed by atoms with van der Waals surface area (Å²) >= 11 is 6.05. The van der Waals surface area contributed by atoms with Gasteiger partial charge < -0.3 is 15.0 Å². The van der Waals surface area contributed by atoms with Gasteiger partial charge in [0.15, 0.2) is 18.2 Å². The molecule has 0 heterocycles. The van der Waals surface area contributed by atoms with Crippen LogP contribution in [-0.2, 0) is 16.1 Å². The van der Waals surface area contributed by atoms with E-state index in [1.54, 1.807) is 31.2 Å². The zero-order chi connectivity index (χ0) is 21.4. The summed E-state index contributed by atoms with van der Waals surface area (Å²) in [7, 11) is 0. The number of rotatable bonds is 9. The number of hydrogen-bond donors (Lipinski definition) is 1. The Morgan fingerprint density at radius 1 is 1.17 bits per heavy atom. The molecule has 0 saturated heterocycles. The van der Waals surface area contributed by atoms with E-state index in [1.165, 1.54) is 23.1 Å². The number of amides is 2. The topological polar surface area (TPSA) is 58.6 Å². The van der Waals surface area contributed by atoms with Crippen LogP contribution in [0.5, 0.6) is 5.75 Å². The van der Waals surface area contributed by atoms with Gasteiger partial charge in [-0.3, -0.25) is 9.59 Å². The standard InChI is InChI=1S/C22H26ClFN2O3/c1-4-15(2)25-22(28)16(3)26(13-17-8-7-9-18(23)12-17)21(27)14-29-20-11-6-5-10-19(20)24/h5-12,15-16H,4,13-14H2,1-3H3,(H,25,28). The normalized spacial score (nSPS) is 12.7. The van der Waals surface area contributed by atoms with E-state index in [1.807, 2.05) is 19.9 Å². The van der Waals surface area contributed by atoms with Crippen molar-refractivity contribution in [2.24, 2.45) is 0 Å². The van der Waals surface area contributed by atoms with Crippen molar-refractivity contribution in [2.45, 2.75) is 45.8 Å². The van der Waals surface area contributed by atoms with E-state index in [4.69, 9.17) is 16.3 Å². The largest absolute Gasteiger partial charge is 0.481 e. The monoisotopic (exact) mass is 420 g/mol. The van der Waals surface area contributed by atoms with E-state index in [2.05, 4.69) is 5.32 Å². The quantitative estimate of drug-likeness (QED) is 0.661. The molecule has 1 N–H and O–H groups in total. The molecular formula is C22H26ClFN2O3. The number of ether oxygens (including phenoxy) is 1. The summed E-state index contributed by atoms with van der Waals surface area (Å²) in [6.45, 7) is 5.31. The Kier molecular flexibility index (Phi) is 8.46. The molecule has 2 aromatic carbocycles. The van der Waals surface area contributed by atoms with Gasteiger partial charge in [0.2, 0.25) is 5.91 Å². The molecule has 2 rings (SSSR count). The lowest BCUT2D eigenvalue weighted by Crippen LogP contribution is -2.50. The van der Waals surface area contributed by atoms with Gasteiger partial charge in [0.25, 0.3) is 5.91 Å². The van der Waals surface area contributed by atoms with Crippen molar-refractivity contribution >= 4 is 23.4 Å². The molecular weight excluding hydrogens is 395 g/mol. The fraction of sp³-hybridized carbons (Fsp3) is 0.364. The Morgan fingerprint density at radius 2 is 1.90 bits per heavy atom. The number of hydrogen-bond acceptors (Lipinski definition) is 3. The van der Waals surface area contributed by atoms with Gasteiger partial charge in [0, 0.05) is 17.6 Å². The first kappa shape index (κ1) is 22.7. The number of carbonyl (C=O) groups is 2. The number of benzene rings is 2. The van der Waals surface area contributed by atoms with Crippen LogP contribution in [0, 0.1) is 5.82 Å². The van der Waals surface area contributed by atoms with Gasteiger partial charge >= 0.3 is 0 Å². The van der Waals surface area contributed by atoms with Gasteiger partial charge in [-0.25, -0.2) is 4.39 Å². The molecule has 2 atom stereocenters. The maximum Gasteiger partial charge on any atom is 0.261 e. The van der Waals surface area contributed by atoms with Crippen LogP contribution in [-0.4, -0.2) is 35.4 Å². The Labute approximate surface area is 175 Å². The van der Waals surface area contributed by atoms with E-state index in [-0.39, 0.29) is 30.9 Å². The number of para-hydroxylation sites is 1. The minimum absolute atomic E-state index is 0.0114. The first-order valence-electron chi connectivity index (χ1n) is 9.53. The van der Waals surface area contributed by atoms with Crippen LogP contribution < -0.4 is 10.1 Å². The van der Waals surface area contributed by atoms with Crippen LogP contribution in [0.4, 0.5) is 4.39 Å². The molecule has 156 valence electrons. The minimum atomic E-state index is -0.736. The highest BCUT2D eigenvalue weighted by molar-refractivity contribution is 6.30. The van der Waals surface area contributed by atoms with Crippen LogP contribution in [0.1, 0.15) is 32.8 Å². The lowest BCUT2D eigenvalue weighted by Gasteiger charge is -2.29. The van der Waals surface area contributed by atoms with Crippen molar-refractivity contribution in [1.29, 1.82) is 0 Å². The molecule has 0 fully saturated rings. The molecule has 7 heteroatoms. The second-order valence-electron chi connectivity index (χ2n) is 6.86. The molecule has 0 aliphatic carbocycles. The Balaban J connectivity index is 2.17.